The quantitative estimate of drug-likeness (QED) is 0.685. The molecule has 2 aliphatic rings. The van der Waals surface area contributed by atoms with E-state index in [0.717, 1.165) is 23.7 Å². The molecule has 0 amide bonds. The van der Waals surface area contributed by atoms with Crippen LogP contribution in [0.5, 0.6) is 0 Å². The first-order chi connectivity index (χ1) is 14.1. The summed E-state index contributed by atoms with van der Waals surface area (Å²) in [6, 6.07) is 7.08. The number of rotatable bonds is 4. The van der Waals surface area contributed by atoms with Gasteiger partial charge in [0, 0.05) is 29.3 Å². The van der Waals surface area contributed by atoms with E-state index in [4.69, 9.17) is 10.2 Å². The third-order valence-electron chi connectivity index (χ3n) is 6.23. The van der Waals surface area contributed by atoms with Gasteiger partial charge < -0.3 is 15.1 Å². The topological polar surface area (TPSA) is 90.7 Å². The first kappa shape index (κ1) is 20.3. The van der Waals surface area contributed by atoms with E-state index in [9.17, 15) is 9.59 Å². The van der Waals surface area contributed by atoms with Gasteiger partial charge in [-0.25, -0.2) is 14.6 Å². The molecule has 1 aliphatic heterocycles. The fraction of sp³-hybridized carbons (Fsp3) is 0.348. The van der Waals surface area contributed by atoms with E-state index in [0.29, 0.717) is 6.54 Å². The van der Waals surface area contributed by atoms with E-state index in [-0.39, 0.29) is 22.1 Å². The molecule has 0 bridgehead atoms. The van der Waals surface area contributed by atoms with Gasteiger partial charge in [-0.2, -0.15) is 0 Å². The number of carbonyl (C=O) groups is 2. The first-order valence-corrected chi connectivity index (χ1v) is 10.7. The van der Waals surface area contributed by atoms with Gasteiger partial charge in [-0.05, 0) is 29.7 Å². The highest BCUT2D eigenvalue weighted by Gasteiger charge is 2.46. The molecule has 1 atom stereocenters. The third-order valence-corrected chi connectivity index (χ3v) is 7.14. The number of hydrogen-bond donors (Lipinski definition) is 2. The monoisotopic (exact) mass is 424 g/mol. The van der Waals surface area contributed by atoms with Gasteiger partial charge in [0.05, 0.1) is 5.56 Å². The number of thiazole rings is 1. The van der Waals surface area contributed by atoms with Crippen LogP contribution in [-0.2, 0) is 0 Å². The summed E-state index contributed by atoms with van der Waals surface area (Å²) in [4.78, 5) is 28.8. The summed E-state index contributed by atoms with van der Waals surface area (Å²) in [5.41, 5.74) is 3.71. The van der Waals surface area contributed by atoms with Crippen LogP contribution in [0, 0.1) is 10.8 Å². The molecule has 6 nitrogen and oxygen atoms in total. The highest BCUT2D eigenvalue weighted by atomic mass is 32.1. The smallest absolute Gasteiger partial charge is 0.355 e. The number of allylic oxidation sites excluding steroid dienone is 2. The fourth-order valence-electron chi connectivity index (χ4n) is 4.86. The molecule has 0 fully saturated rings. The van der Waals surface area contributed by atoms with Crippen LogP contribution < -0.4 is 4.90 Å². The van der Waals surface area contributed by atoms with E-state index >= 15 is 0 Å². The molecule has 30 heavy (non-hydrogen) atoms. The van der Waals surface area contributed by atoms with Crippen molar-refractivity contribution in [1.82, 2.24) is 4.98 Å². The summed E-state index contributed by atoms with van der Waals surface area (Å²) in [7, 11) is 0. The van der Waals surface area contributed by atoms with E-state index in [1.54, 1.807) is 17.5 Å². The van der Waals surface area contributed by atoms with Gasteiger partial charge in [0.25, 0.3) is 0 Å². The maximum Gasteiger partial charge on any atom is 0.355 e. The minimum atomic E-state index is -1.00. The molecule has 0 spiro atoms. The zero-order valence-electron chi connectivity index (χ0n) is 17.2. The Balaban J connectivity index is 1.64. The number of anilines is 1. The van der Waals surface area contributed by atoms with Gasteiger partial charge in [-0.3, -0.25) is 0 Å². The molecule has 0 radical (unpaired) electrons. The summed E-state index contributed by atoms with van der Waals surface area (Å²) < 4.78 is 0. The molecular formula is C23H24N2O4S. The third kappa shape index (κ3) is 3.33. The lowest BCUT2D eigenvalue weighted by Crippen LogP contribution is -2.47. The van der Waals surface area contributed by atoms with Crippen LogP contribution in [0.4, 0.5) is 5.13 Å². The molecule has 1 aliphatic carbocycles. The van der Waals surface area contributed by atoms with Crippen LogP contribution in [0.1, 0.15) is 53.6 Å². The van der Waals surface area contributed by atoms with Crippen molar-refractivity contribution >= 4 is 34.0 Å². The van der Waals surface area contributed by atoms with Gasteiger partial charge in [0.15, 0.2) is 10.8 Å². The molecule has 1 aromatic heterocycles. The van der Waals surface area contributed by atoms with Gasteiger partial charge in [-0.15, -0.1) is 11.3 Å². The second-order valence-electron chi connectivity index (χ2n) is 8.71. The summed E-state index contributed by atoms with van der Waals surface area (Å²) in [6.07, 6.45) is 5.37. The lowest BCUT2D eigenvalue weighted by Gasteiger charge is -2.50. The highest BCUT2D eigenvalue weighted by molar-refractivity contribution is 7.13. The molecule has 2 heterocycles. The largest absolute Gasteiger partial charge is 0.478 e. The Morgan fingerprint density at radius 2 is 1.77 bits per heavy atom. The molecule has 156 valence electrons. The molecule has 1 aromatic carbocycles. The Morgan fingerprint density at radius 1 is 1.07 bits per heavy atom. The van der Waals surface area contributed by atoms with Crippen molar-refractivity contribution in [3.05, 3.63) is 64.2 Å². The fourth-order valence-corrected chi connectivity index (χ4v) is 5.66. The van der Waals surface area contributed by atoms with E-state index in [1.165, 1.54) is 22.5 Å². The number of aromatic nitrogens is 1. The Labute approximate surface area is 179 Å². The molecular weight excluding hydrogens is 400 g/mol. The van der Waals surface area contributed by atoms with E-state index in [2.05, 4.69) is 42.8 Å². The molecule has 7 heteroatoms. The van der Waals surface area contributed by atoms with Crippen LogP contribution in [-0.4, -0.2) is 40.2 Å². The maximum absolute atomic E-state index is 11.2. The van der Waals surface area contributed by atoms with Crippen molar-refractivity contribution < 1.29 is 19.8 Å². The highest BCUT2D eigenvalue weighted by Crippen LogP contribution is 2.55. The van der Waals surface area contributed by atoms with Crippen LogP contribution in [0.25, 0.3) is 5.57 Å². The molecule has 0 unspecified atom stereocenters. The SMILES string of the molecule is CC1(C)C(c2ccc(C(=O)O)cc2)=CC[C@]2(C)CN(c3nc(C(=O)O)cs3)CC=C12. The van der Waals surface area contributed by atoms with Crippen molar-refractivity contribution in [3.8, 4) is 0 Å². The number of hydrogen-bond acceptors (Lipinski definition) is 5. The molecule has 2 aromatic rings. The van der Waals surface area contributed by atoms with Gasteiger partial charge >= 0.3 is 11.9 Å². The molecule has 4 rings (SSSR count). The second kappa shape index (κ2) is 7.09. The predicted molar refractivity (Wildman–Crippen MR) is 117 cm³/mol. The van der Waals surface area contributed by atoms with E-state index in [1.807, 2.05) is 12.1 Å². The Kier molecular flexibility index (Phi) is 4.81. The minimum absolute atomic E-state index is 0.0820. The number of carboxylic acid groups (broad SMARTS) is 2. The molecule has 2 N–H and O–H groups in total. The van der Waals surface area contributed by atoms with Crippen molar-refractivity contribution in [2.75, 3.05) is 18.0 Å². The normalized spacial score (nSPS) is 22.7. The number of carboxylic acids is 2. The van der Waals surface area contributed by atoms with Crippen molar-refractivity contribution in [1.29, 1.82) is 0 Å². The zero-order valence-corrected chi connectivity index (χ0v) is 18.0. The number of benzene rings is 1. The Bertz CT molecular complexity index is 1080. The number of aromatic carboxylic acids is 2. The summed E-state index contributed by atoms with van der Waals surface area (Å²) >= 11 is 1.36. The standard InChI is InChI=1S/C23H24N2O4S/c1-22(2)16(14-4-6-15(7-5-14)19(26)27)8-10-23(3)13-25(11-9-18(22)23)21-24-17(12-30-21)20(28)29/h4-9,12H,10-11,13H2,1-3H3,(H,26,27)(H,28,29)/t23-/m1/s1. The Morgan fingerprint density at radius 3 is 2.37 bits per heavy atom. The lowest BCUT2D eigenvalue weighted by atomic mass is 9.58. The van der Waals surface area contributed by atoms with Gasteiger partial charge in [0.2, 0.25) is 0 Å². The van der Waals surface area contributed by atoms with Gasteiger partial charge in [-0.1, -0.05) is 50.6 Å². The average molecular weight is 425 g/mol. The summed E-state index contributed by atoms with van der Waals surface area (Å²) in [5.74, 6) is -1.92. The van der Waals surface area contributed by atoms with Crippen LogP contribution >= 0.6 is 11.3 Å². The molecule has 0 saturated heterocycles. The summed E-state index contributed by atoms with van der Waals surface area (Å²) in [6.45, 7) is 8.14. The minimum Gasteiger partial charge on any atom is -0.478 e. The molecule has 0 saturated carbocycles. The first-order valence-electron chi connectivity index (χ1n) is 9.81. The van der Waals surface area contributed by atoms with Crippen LogP contribution in [0.2, 0.25) is 0 Å². The number of fused-ring (bicyclic) bond motifs is 1. The van der Waals surface area contributed by atoms with Crippen LogP contribution in [0.15, 0.2) is 47.4 Å². The maximum atomic E-state index is 11.2. The Hall–Kier alpha value is -2.93. The van der Waals surface area contributed by atoms with E-state index < -0.39 is 11.9 Å². The lowest BCUT2D eigenvalue weighted by molar-refractivity contribution is 0.0683. The van der Waals surface area contributed by atoms with Crippen molar-refractivity contribution in [2.45, 2.75) is 27.2 Å². The van der Waals surface area contributed by atoms with Crippen molar-refractivity contribution in [2.24, 2.45) is 10.8 Å². The van der Waals surface area contributed by atoms with Gasteiger partial charge in [0.1, 0.15) is 0 Å². The predicted octanol–water partition coefficient (Wildman–Crippen LogP) is 4.81. The zero-order chi connectivity index (χ0) is 21.7. The van der Waals surface area contributed by atoms with Crippen molar-refractivity contribution in [3.63, 3.8) is 0 Å². The average Bonchev–Trinajstić information content (AvgIpc) is 3.18. The summed E-state index contributed by atoms with van der Waals surface area (Å²) in [5, 5.41) is 20.6. The second-order valence-corrected chi connectivity index (χ2v) is 9.55. The number of nitrogens with zero attached hydrogens (tertiary/aromatic N) is 2. The van der Waals surface area contributed by atoms with Crippen LogP contribution in [0.3, 0.4) is 0 Å².